The van der Waals surface area contributed by atoms with E-state index in [0.717, 1.165) is 35.5 Å². The number of benzene rings is 1. The van der Waals surface area contributed by atoms with Crippen molar-refractivity contribution in [3.8, 4) is 0 Å². The van der Waals surface area contributed by atoms with Crippen molar-refractivity contribution in [2.45, 2.75) is 46.8 Å². The number of hydrogen-bond acceptors (Lipinski definition) is 2. The third-order valence-electron chi connectivity index (χ3n) is 3.81. The fourth-order valence-corrected chi connectivity index (χ4v) is 2.69. The van der Waals surface area contributed by atoms with Crippen LogP contribution in [-0.4, -0.2) is 22.1 Å². The van der Waals surface area contributed by atoms with Gasteiger partial charge in [-0.2, -0.15) is 0 Å². The highest BCUT2D eigenvalue weighted by atomic mass is 127. The molecule has 0 aliphatic rings. The number of nitrogens with one attached hydrogen (secondary N) is 2. The van der Waals surface area contributed by atoms with Crippen molar-refractivity contribution in [3.63, 3.8) is 0 Å². The number of hydrogen-bond donors (Lipinski definition) is 2. The Hall–Kier alpha value is -1.28. The molecule has 0 saturated heterocycles. The molecule has 26 heavy (non-hydrogen) atoms. The minimum absolute atomic E-state index is 0. The van der Waals surface area contributed by atoms with E-state index in [-0.39, 0.29) is 30.0 Å². The molecule has 0 bridgehead atoms. The van der Waals surface area contributed by atoms with E-state index < -0.39 is 0 Å². The number of aliphatic imine (C=N–C) groups is 1. The molecular weight excluding hydrogens is 461 g/mol. The number of guanidine groups is 1. The number of nitrogens with zero attached hydrogens (tertiary/aromatic N) is 3. The van der Waals surface area contributed by atoms with E-state index in [2.05, 4.69) is 47.9 Å². The lowest BCUT2D eigenvalue weighted by molar-refractivity contribution is 0.507. The van der Waals surface area contributed by atoms with Crippen LogP contribution in [0.25, 0.3) is 0 Å². The molecule has 1 aromatic carbocycles. The highest BCUT2D eigenvalue weighted by Gasteiger charge is 2.09. The number of aromatic nitrogens is 2. The van der Waals surface area contributed by atoms with Gasteiger partial charge < -0.3 is 15.2 Å². The van der Waals surface area contributed by atoms with E-state index in [0.29, 0.717) is 12.5 Å². The van der Waals surface area contributed by atoms with E-state index >= 15 is 0 Å². The summed E-state index contributed by atoms with van der Waals surface area (Å²) in [6, 6.07) is 7.99. The predicted molar refractivity (Wildman–Crippen MR) is 120 cm³/mol. The molecule has 1 atom stereocenters. The molecular formula is C19H29ClIN5. The highest BCUT2D eigenvalue weighted by molar-refractivity contribution is 14.0. The van der Waals surface area contributed by atoms with Crippen LogP contribution >= 0.6 is 35.6 Å². The summed E-state index contributed by atoms with van der Waals surface area (Å²) in [5.41, 5.74) is 1.16. The summed E-state index contributed by atoms with van der Waals surface area (Å²) >= 11 is 5.96. The Balaban J connectivity index is 0.00000338. The molecule has 1 aromatic heterocycles. The zero-order valence-corrected chi connectivity index (χ0v) is 19.0. The number of rotatable bonds is 7. The van der Waals surface area contributed by atoms with Crippen LogP contribution < -0.4 is 10.6 Å². The molecule has 5 nitrogen and oxygen atoms in total. The van der Waals surface area contributed by atoms with Crippen LogP contribution in [0.2, 0.25) is 5.02 Å². The zero-order chi connectivity index (χ0) is 18.2. The summed E-state index contributed by atoms with van der Waals surface area (Å²) in [7, 11) is 0. The van der Waals surface area contributed by atoms with Gasteiger partial charge in [0.15, 0.2) is 5.96 Å². The van der Waals surface area contributed by atoms with Crippen molar-refractivity contribution >= 4 is 41.5 Å². The van der Waals surface area contributed by atoms with Crippen LogP contribution in [-0.2, 0) is 13.1 Å². The first kappa shape index (κ1) is 22.8. The van der Waals surface area contributed by atoms with Gasteiger partial charge in [0, 0.05) is 30.5 Å². The van der Waals surface area contributed by atoms with Crippen LogP contribution in [0.4, 0.5) is 0 Å². The second kappa shape index (κ2) is 11.4. The summed E-state index contributed by atoms with van der Waals surface area (Å²) in [5, 5.41) is 7.47. The molecule has 0 radical (unpaired) electrons. The largest absolute Gasteiger partial charge is 0.357 e. The molecule has 0 aliphatic carbocycles. The minimum Gasteiger partial charge on any atom is -0.357 e. The molecule has 7 heteroatoms. The van der Waals surface area contributed by atoms with Gasteiger partial charge in [0.2, 0.25) is 0 Å². The van der Waals surface area contributed by atoms with Gasteiger partial charge in [-0.15, -0.1) is 24.0 Å². The molecule has 2 N–H and O–H groups in total. The maximum Gasteiger partial charge on any atom is 0.192 e. The van der Waals surface area contributed by atoms with Gasteiger partial charge in [-0.05, 0) is 37.5 Å². The second-order valence-electron chi connectivity index (χ2n) is 6.50. The van der Waals surface area contributed by atoms with Crippen molar-refractivity contribution in [2.75, 3.05) is 6.54 Å². The van der Waals surface area contributed by atoms with Gasteiger partial charge in [0.05, 0.1) is 6.04 Å². The van der Waals surface area contributed by atoms with Gasteiger partial charge in [-0.25, -0.2) is 9.98 Å². The van der Waals surface area contributed by atoms with E-state index in [4.69, 9.17) is 16.6 Å². The Morgan fingerprint density at radius 1 is 1.23 bits per heavy atom. The first-order valence-electron chi connectivity index (χ1n) is 8.80. The van der Waals surface area contributed by atoms with Crippen LogP contribution in [0.1, 0.15) is 45.1 Å². The van der Waals surface area contributed by atoms with Gasteiger partial charge in [0.25, 0.3) is 0 Å². The molecule has 0 fully saturated rings. The monoisotopic (exact) mass is 489 g/mol. The maximum atomic E-state index is 5.96. The maximum absolute atomic E-state index is 5.96. The van der Waals surface area contributed by atoms with Crippen molar-refractivity contribution in [2.24, 2.45) is 10.9 Å². The number of imidazole rings is 1. The lowest BCUT2D eigenvalue weighted by Gasteiger charge is -2.18. The van der Waals surface area contributed by atoms with Crippen molar-refractivity contribution in [1.82, 2.24) is 20.2 Å². The van der Waals surface area contributed by atoms with Crippen molar-refractivity contribution in [3.05, 3.63) is 53.1 Å². The molecule has 1 unspecified atom stereocenters. The van der Waals surface area contributed by atoms with E-state index in [1.807, 2.05) is 36.7 Å². The fourth-order valence-electron chi connectivity index (χ4n) is 2.56. The molecule has 1 heterocycles. The molecule has 0 amide bonds. The second-order valence-corrected chi connectivity index (χ2v) is 6.94. The summed E-state index contributed by atoms with van der Waals surface area (Å²) in [6.07, 6.45) is 3.85. The topological polar surface area (TPSA) is 54.2 Å². The average molecular weight is 490 g/mol. The van der Waals surface area contributed by atoms with E-state index in [1.165, 1.54) is 0 Å². The Kier molecular flexibility index (Phi) is 10.0. The Morgan fingerprint density at radius 3 is 2.54 bits per heavy atom. The Bertz CT molecular complexity index is 681. The summed E-state index contributed by atoms with van der Waals surface area (Å²) in [6.45, 7) is 10.9. The summed E-state index contributed by atoms with van der Waals surface area (Å²) < 4.78 is 2.17. The molecule has 0 aliphatic heterocycles. The number of halogens is 2. The lowest BCUT2D eigenvalue weighted by atomic mass is 10.1. The van der Waals surface area contributed by atoms with Gasteiger partial charge in [-0.3, -0.25) is 0 Å². The van der Waals surface area contributed by atoms with Gasteiger partial charge in [-0.1, -0.05) is 37.6 Å². The molecule has 2 aromatic rings. The van der Waals surface area contributed by atoms with Crippen LogP contribution in [0.5, 0.6) is 0 Å². The summed E-state index contributed by atoms with van der Waals surface area (Å²) in [4.78, 5) is 9.13. The molecule has 2 rings (SSSR count). The van der Waals surface area contributed by atoms with Crippen molar-refractivity contribution in [1.29, 1.82) is 0 Å². The quantitative estimate of drug-likeness (QED) is 0.339. The smallest absolute Gasteiger partial charge is 0.192 e. The van der Waals surface area contributed by atoms with E-state index in [9.17, 15) is 0 Å². The molecule has 0 spiro atoms. The van der Waals surface area contributed by atoms with Crippen LogP contribution in [0.15, 0.2) is 41.7 Å². The van der Waals surface area contributed by atoms with Crippen molar-refractivity contribution < 1.29 is 0 Å². The Morgan fingerprint density at radius 2 is 1.92 bits per heavy atom. The third-order valence-corrected chi connectivity index (χ3v) is 4.06. The first-order valence-corrected chi connectivity index (χ1v) is 9.17. The molecule has 0 saturated carbocycles. The van der Waals surface area contributed by atoms with Gasteiger partial charge >= 0.3 is 0 Å². The molecule has 144 valence electrons. The minimum atomic E-state index is 0. The van der Waals surface area contributed by atoms with E-state index in [1.54, 1.807) is 0 Å². The summed E-state index contributed by atoms with van der Waals surface area (Å²) in [5.74, 6) is 2.34. The lowest BCUT2D eigenvalue weighted by Crippen LogP contribution is -2.38. The third kappa shape index (κ3) is 7.15. The predicted octanol–water partition coefficient (Wildman–Crippen LogP) is 4.63. The van der Waals surface area contributed by atoms with Crippen LogP contribution in [0, 0.1) is 5.92 Å². The zero-order valence-electron chi connectivity index (χ0n) is 15.9. The van der Waals surface area contributed by atoms with Crippen LogP contribution in [0.3, 0.4) is 0 Å². The SMILES string of the molecule is CCNC(=NCc1nccn1CC(C)C)NC(C)c1ccc(Cl)cc1.I. The fraction of sp³-hybridized carbons (Fsp3) is 0.474. The highest BCUT2D eigenvalue weighted by Crippen LogP contribution is 2.16. The average Bonchev–Trinajstić information content (AvgIpc) is 2.99. The standard InChI is InChI=1S/C19H28ClN5.HI/c1-5-21-19(24-15(4)16-6-8-17(20)9-7-16)23-12-18-22-10-11-25(18)13-14(2)3;/h6-11,14-15H,5,12-13H2,1-4H3,(H2,21,23,24);1H. The first-order chi connectivity index (χ1) is 12.0. The normalized spacial score (nSPS) is 12.6. The Labute approximate surface area is 178 Å². The van der Waals surface area contributed by atoms with Gasteiger partial charge in [0.1, 0.15) is 12.4 Å².